The van der Waals surface area contributed by atoms with Crippen LogP contribution in [0.2, 0.25) is 0 Å². The van der Waals surface area contributed by atoms with Crippen LogP contribution < -0.4 is 4.74 Å². The van der Waals surface area contributed by atoms with Crippen LogP contribution in [0.15, 0.2) is 30.3 Å². The monoisotopic (exact) mass is 395 g/mol. The Morgan fingerprint density at radius 1 is 1.10 bits per heavy atom. The molecule has 0 amide bonds. The molecule has 4 nitrogen and oxygen atoms in total. The zero-order chi connectivity index (χ0) is 20.4. The smallest absolute Gasteiger partial charge is 0.310 e. The van der Waals surface area contributed by atoms with Crippen molar-refractivity contribution in [1.29, 1.82) is 0 Å². The van der Waals surface area contributed by atoms with E-state index in [2.05, 4.69) is 49.1 Å². The molecule has 4 heteroatoms. The van der Waals surface area contributed by atoms with Crippen molar-refractivity contribution < 1.29 is 14.3 Å². The molecule has 0 aromatic heterocycles. The molecule has 0 radical (unpaired) electrons. The molecule has 2 fully saturated rings. The molecule has 2 aromatic carbocycles. The van der Waals surface area contributed by atoms with Gasteiger partial charge in [-0.15, -0.1) is 0 Å². The topological polar surface area (TPSA) is 38.8 Å². The molecule has 1 heterocycles. The van der Waals surface area contributed by atoms with Gasteiger partial charge in [0.05, 0.1) is 19.1 Å². The van der Waals surface area contributed by atoms with Gasteiger partial charge in [0.2, 0.25) is 0 Å². The van der Waals surface area contributed by atoms with Crippen LogP contribution in [-0.2, 0) is 16.1 Å². The summed E-state index contributed by atoms with van der Waals surface area (Å²) in [5.41, 5.74) is 2.55. The molecular weight excluding hydrogens is 362 g/mol. The number of ether oxygens (including phenoxy) is 2. The lowest BCUT2D eigenvalue weighted by atomic mass is 9.89. The SMILES string of the molecule is COC(=O)C1CCN(Cc2ccc3cc(OC4CCC(C)CC4)cc(C)c3c2)C1. The third kappa shape index (κ3) is 4.75. The highest BCUT2D eigenvalue weighted by molar-refractivity contribution is 5.87. The Morgan fingerprint density at radius 3 is 2.66 bits per heavy atom. The average molecular weight is 396 g/mol. The first-order chi connectivity index (χ1) is 14.0. The molecular formula is C25H33NO3. The second kappa shape index (κ2) is 8.74. The second-order valence-electron chi connectivity index (χ2n) is 9.04. The van der Waals surface area contributed by atoms with Crippen molar-refractivity contribution in [2.45, 2.75) is 58.6 Å². The molecule has 0 N–H and O–H groups in total. The maximum absolute atomic E-state index is 11.8. The van der Waals surface area contributed by atoms with Crippen LogP contribution >= 0.6 is 0 Å². The molecule has 2 aromatic rings. The highest BCUT2D eigenvalue weighted by Gasteiger charge is 2.28. The lowest BCUT2D eigenvalue weighted by Gasteiger charge is -2.27. The van der Waals surface area contributed by atoms with Gasteiger partial charge in [0.15, 0.2) is 0 Å². The molecule has 1 aliphatic carbocycles. The van der Waals surface area contributed by atoms with Crippen LogP contribution in [0.5, 0.6) is 5.75 Å². The van der Waals surface area contributed by atoms with Gasteiger partial charge in [0.1, 0.15) is 5.75 Å². The largest absolute Gasteiger partial charge is 0.490 e. The van der Waals surface area contributed by atoms with E-state index in [-0.39, 0.29) is 11.9 Å². The van der Waals surface area contributed by atoms with Crippen LogP contribution in [0.1, 0.15) is 50.2 Å². The van der Waals surface area contributed by atoms with Gasteiger partial charge >= 0.3 is 5.97 Å². The number of likely N-dealkylation sites (tertiary alicyclic amines) is 1. The van der Waals surface area contributed by atoms with Gasteiger partial charge in [-0.1, -0.05) is 19.1 Å². The third-order valence-corrected chi connectivity index (χ3v) is 6.68. The number of benzene rings is 2. The van der Waals surface area contributed by atoms with Crippen molar-refractivity contribution in [3.8, 4) is 5.75 Å². The summed E-state index contributed by atoms with van der Waals surface area (Å²) < 4.78 is 11.2. The number of fused-ring (bicyclic) bond motifs is 1. The van der Waals surface area contributed by atoms with Crippen LogP contribution in [0, 0.1) is 18.8 Å². The number of aryl methyl sites for hydroxylation is 1. The van der Waals surface area contributed by atoms with E-state index in [9.17, 15) is 4.79 Å². The number of nitrogens with zero attached hydrogens (tertiary/aromatic N) is 1. The minimum absolute atomic E-state index is 0.0182. The molecule has 0 bridgehead atoms. The van der Waals surface area contributed by atoms with Crippen LogP contribution in [-0.4, -0.2) is 37.2 Å². The van der Waals surface area contributed by atoms with Crippen molar-refractivity contribution in [2.24, 2.45) is 11.8 Å². The van der Waals surface area contributed by atoms with Crippen molar-refractivity contribution in [3.05, 3.63) is 41.5 Å². The maximum Gasteiger partial charge on any atom is 0.310 e. The zero-order valence-electron chi connectivity index (χ0n) is 17.9. The third-order valence-electron chi connectivity index (χ3n) is 6.68. The van der Waals surface area contributed by atoms with Crippen molar-refractivity contribution in [3.63, 3.8) is 0 Å². The Kier molecular flexibility index (Phi) is 6.09. The summed E-state index contributed by atoms with van der Waals surface area (Å²) in [5.74, 6) is 1.78. The number of methoxy groups -OCH3 is 1. The molecule has 1 aliphatic heterocycles. The quantitative estimate of drug-likeness (QED) is 0.660. The van der Waals surface area contributed by atoms with Gasteiger partial charge < -0.3 is 9.47 Å². The van der Waals surface area contributed by atoms with E-state index in [1.165, 1.54) is 54.7 Å². The van der Waals surface area contributed by atoms with Gasteiger partial charge in [-0.25, -0.2) is 0 Å². The summed E-state index contributed by atoms with van der Waals surface area (Å²) in [5, 5.41) is 2.53. The highest BCUT2D eigenvalue weighted by Crippen LogP contribution is 2.31. The number of hydrogen-bond donors (Lipinski definition) is 0. The standard InChI is InChI=1S/C25H33NO3/c1-17-4-8-22(9-5-17)29-23-12-18(2)24-13-19(6-7-20(24)14-23)15-26-11-10-21(16-26)25(27)28-3/h6-7,12-14,17,21-22H,4-5,8-11,15-16H2,1-3H3. The highest BCUT2D eigenvalue weighted by atomic mass is 16.5. The minimum Gasteiger partial charge on any atom is -0.490 e. The number of esters is 1. The predicted octanol–water partition coefficient (Wildman–Crippen LogP) is 5.10. The second-order valence-corrected chi connectivity index (χ2v) is 9.04. The number of carbonyl (C=O) groups is 1. The molecule has 1 unspecified atom stereocenters. The number of carbonyl (C=O) groups excluding carboxylic acids is 1. The lowest BCUT2D eigenvalue weighted by molar-refractivity contribution is -0.144. The lowest BCUT2D eigenvalue weighted by Crippen LogP contribution is -2.23. The first kappa shape index (κ1) is 20.2. The predicted molar refractivity (Wildman–Crippen MR) is 116 cm³/mol. The fraction of sp³-hybridized carbons (Fsp3) is 0.560. The molecule has 156 valence electrons. The normalized spacial score (nSPS) is 25.3. The van der Waals surface area contributed by atoms with E-state index in [4.69, 9.17) is 9.47 Å². The van der Waals surface area contributed by atoms with Crippen molar-refractivity contribution in [2.75, 3.05) is 20.2 Å². The van der Waals surface area contributed by atoms with Gasteiger partial charge in [-0.3, -0.25) is 9.69 Å². The van der Waals surface area contributed by atoms with Crippen LogP contribution in [0.3, 0.4) is 0 Å². The number of rotatable bonds is 5. The summed E-state index contributed by atoms with van der Waals surface area (Å²) >= 11 is 0. The van der Waals surface area contributed by atoms with E-state index in [1.54, 1.807) is 0 Å². The fourth-order valence-corrected chi connectivity index (χ4v) is 4.86. The van der Waals surface area contributed by atoms with E-state index in [1.807, 2.05) is 0 Å². The molecule has 2 aliphatic rings. The summed E-state index contributed by atoms with van der Waals surface area (Å²) in [4.78, 5) is 14.1. The first-order valence-electron chi connectivity index (χ1n) is 11.0. The van der Waals surface area contributed by atoms with E-state index >= 15 is 0 Å². The molecule has 29 heavy (non-hydrogen) atoms. The Balaban J connectivity index is 1.44. The molecule has 1 atom stereocenters. The van der Waals surface area contributed by atoms with Crippen LogP contribution in [0.25, 0.3) is 10.8 Å². The first-order valence-corrected chi connectivity index (χ1v) is 11.0. The molecule has 1 saturated carbocycles. The van der Waals surface area contributed by atoms with E-state index < -0.39 is 0 Å². The van der Waals surface area contributed by atoms with Crippen LogP contribution in [0.4, 0.5) is 0 Å². The Bertz CT molecular complexity index is 870. The van der Waals surface area contributed by atoms with E-state index in [0.29, 0.717) is 6.10 Å². The minimum atomic E-state index is -0.0817. The van der Waals surface area contributed by atoms with Gasteiger partial charge in [0.25, 0.3) is 0 Å². The van der Waals surface area contributed by atoms with Crippen molar-refractivity contribution in [1.82, 2.24) is 4.90 Å². The molecule has 0 spiro atoms. The number of hydrogen-bond acceptors (Lipinski definition) is 4. The Hall–Kier alpha value is -2.07. The zero-order valence-corrected chi connectivity index (χ0v) is 17.9. The molecule has 4 rings (SSSR count). The summed E-state index contributed by atoms with van der Waals surface area (Å²) in [6.45, 7) is 7.12. The Labute approximate surface area is 174 Å². The Morgan fingerprint density at radius 2 is 1.90 bits per heavy atom. The summed E-state index contributed by atoms with van der Waals surface area (Å²) in [6, 6.07) is 11.1. The fourth-order valence-electron chi connectivity index (χ4n) is 4.86. The maximum atomic E-state index is 11.8. The van der Waals surface area contributed by atoms with Crippen molar-refractivity contribution >= 4 is 16.7 Å². The summed E-state index contributed by atoms with van der Waals surface area (Å²) in [7, 11) is 1.48. The van der Waals surface area contributed by atoms with Gasteiger partial charge in [-0.2, -0.15) is 0 Å². The van der Waals surface area contributed by atoms with Gasteiger partial charge in [-0.05, 0) is 91.6 Å². The summed E-state index contributed by atoms with van der Waals surface area (Å²) in [6.07, 6.45) is 6.13. The molecule has 1 saturated heterocycles. The average Bonchev–Trinajstić information content (AvgIpc) is 3.18. The van der Waals surface area contributed by atoms with E-state index in [0.717, 1.165) is 37.7 Å². The van der Waals surface area contributed by atoms with Gasteiger partial charge in [0, 0.05) is 13.1 Å².